The Morgan fingerprint density at radius 2 is 1.94 bits per heavy atom. The Balaban J connectivity index is 1.75. The Bertz CT molecular complexity index is 423. The lowest BCUT2D eigenvalue weighted by Crippen LogP contribution is -2.48. The van der Waals surface area contributed by atoms with E-state index in [-0.39, 0.29) is 5.91 Å². The van der Waals surface area contributed by atoms with Crippen molar-refractivity contribution in [2.24, 2.45) is 0 Å². The highest BCUT2D eigenvalue weighted by atomic mass is 16.2. The van der Waals surface area contributed by atoms with Gasteiger partial charge in [-0.15, -0.1) is 0 Å². The summed E-state index contributed by atoms with van der Waals surface area (Å²) in [6, 6.07) is 8.50. The molecule has 4 nitrogen and oxygen atoms in total. The highest BCUT2D eigenvalue weighted by Gasteiger charge is 2.20. The molecule has 2 saturated heterocycles. The van der Waals surface area contributed by atoms with Crippen LogP contribution < -0.4 is 15.5 Å². The smallest absolute Gasteiger partial charge is 0.240 e. The van der Waals surface area contributed by atoms with Gasteiger partial charge in [0.15, 0.2) is 0 Å². The molecule has 0 saturated carbocycles. The van der Waals surface area contributed by atoms with Crippen LogP contribution in [0.4, 0.5) is 5.69 Å². The summed E-state index contributed by atoms with van der Waals surface area (Å²) in [6.07, 6.45) is 1.21. The second-order valence-electron chi connectivity index (χ2n) is 5.00. The van der Waals surface area contributed by atoms with Gasteiger partial charge in [0.1, 0.15) is 0 Å². The van der Waals surface area contributed by atoms with Crippen molar-refractivity contribution in [3.05, 3.63) is 29.8 Å². The molecule has 2 N–H and O–H groups in total. The Morgan fingerprint density at radius 1 is 1.11 bits per heavy atom. The van der Waals surface area contributed by atoms with Crippen LogP contribution in [0, 0.1) is 0 Å². The quantitative estimate of drug-likeness (QED) is 0.806. The molecule has 3 rings (SSSR count). The molecule has 2 fully saturated rings. The number of nitrogens with one attached hydrogen (secondary N) is 2. The van der Waals surface area contributed by atoms with Crippen LogP contribution in [0.3, 0.4) is 0 Å². The minimum Gasteiger partial charge on any atom is -0.316 e. The van der Waals surface area contributed by atoms with E-state index in [4.69, 9.17) is 0 Å². The highest BCUT2D eigenvalue weighted by molar-refractivity contribution is 5.95. The molecule has 1 unspecified atom stereocenters. The molecule has 18 heavy (non-hydrogen) atoms. The molecular weight excluding hydrogens is 226 g/mol. The van der Waals surface area contributed by atoms with Crippen LogP contribution in [-0.2, 0) is 4.79 Å². The number of rotatable bonds is 2. The topological polar surface area (TPSA) is 44.4 Å². The first-order chi connectivity index (χ1) is 8.84. The minimum absolute atomic E-state index is 0.163. The molecule has 0 aliphatic carbocycles. The molecule has 0 aromatic heterocycles. The normalized spacial score (nSPS) is 24.6. The predicted octanol–water partition coefficient (Wildman–Crippen LogP) is 0.700. The zero-order chi connectivity index (χ0) is 12.4. The van der Waals surface area contributed by atoms with Gasteiger partial charge >= 0.3 is 0 Å². The van der Waals surface area contributed by atoms with E-state index >= 15 is 0 Å². The third kappa shape index (κ3) is 2.26. The summed E-state index contributed by atoms with van der Waals surface area (Å²) < 4.78 is 0. The van der Waals surface area contributed by atoms with E-state index in [1.54, 1.807) is 0 Å². The van der Waals surface area contributed by atoms with Crippen LogP contribution in [0.25, 0.3) is 0 Å². The molecule has 2 aliphatic heterocycles. The van der Waals surface area contributed by atoms with Gasteiger partial charge in [-0.25, -0.2) is 0 Å². The maximum absolute atomic E-state index is 11.8. The Labute approximate surface area is 107 Å². The fourth-order valence-corrected chi connectivity index (χ4v) is 2.75. The van der Waals surface area contributed by atoms with E-state index in [0.717, 1.165) is 31.9 Å². The Kier molecular flexibility index (Phi) is 3.30. The van der Waals surface area contributed by atoms with Crippen molar-refractivity contribution in [1.29, 1.82) is 0 Å². The number of hydrogen-bond donors (Lipinski definition) is 2. The molecule has 1 atom stereocenters. The van der Waals surface area contributed by atoms with E-state index < -0.39 is 0 Å². The standard InChI is InChI=1S/C14H19N3O/c18-14-10-16-7-8-17(14)13-3-1-11(2-4-13)12-5-6-15-9-12/h1-4,12,15-16H,5-10H2. The highest BCUT2D eigenvalue weighted by Crippen LogP contribution is 2.25. The van der Waals surface area contributed by atoms with Crippen LogP contribution in [0.5, 0.6) is 0 Å². The molecule has 0 spiro atoms. The van der Waals surface area contributed by atoms with E-state index in [1.165, 1.54) is 12.0 Å². The van der Waals surface area contributed by atoms with Gasteiger partial charge in [0, 0.05) is 25.3 Å². The van der Waals surface area contributed by atoms with Gasteiger partial charge in [-0.3, -0.25) is 4.79 Å². The number of carbonyl (C=O) groups excluding carboxylic acids is 1. The van der Waals surface area contributed by atoms with Gasteiger partial charge in [0.05, 0.1) is 6.54 Å². The zero-order valence-corrected chi connectivity index (χ0v) is 10.5. The molecule has 1 amide bonds. The zero-order valence-electron chi connectivity index (χ0n) is 10.5. The van der Waals surface area contributed by atoms with Crippen LogP contribution in [0.2, 0.25) is 0 Å². The Hall–Kier alpha value is -1.39. The van der Waals surface area contributed by atoms with Crippen LogP contribution in [0.15, 0.2) is 24.3 Å². The molecule has 2 aliphatic rings. The number of amides is 1. The van der Waals surface area contributed by atoms with Crippen molar-refractivity contribution < 1.29 is 4.79 Å². The van der Waals surface area contributed by atoms with Crippen molar-refractivity contribution in [3.8, 4) is 0 Å². The summed E-state index contributed by atoms with van der Waals surface area (Å²) in [4.78, 5) is 13.7. The number of carbonyl (C=O) groups is 1. The minimum atomic E-state index is 0.163. The molecule has 4 heteroatoms. The molecule has 96 valence electrons. The third-order valence-corrected chi connectivity index (χ3v) is 3.83. The van der Waals surface area contributed by atoms with Crippen LogP contribution in [0.1, 0.15) is 17.9 Å². The summed E-state index contributed by atoms with van der Waals surface area (Å²) in [5, 5.41) is 6.47. The monoisotopic (exact) mass is 245 g/mol. The summed E-state index contributed by atoms with van der Waals surface area (Å²) in [7, 11) is 0. The molecule has 1 aromatic rings. The average Bonchev–Trinajstić information content (AvgIpc) is 2.94. The first-order valence-electron chi connectivity index (χ1n) is 6.66. The summed E-state index contributed by atoms with van der Waals surface area (Å²) in [6.45, 7) is 4.28. The van der Waals surface area contributed by atoms with Crippen molar-refractivity contribution in [3.63, 3.8) is 0 Å². The van der Waals surface area contributed by atoms with E-state index in [1.807, 2.05) is 4.90 Å². The third-order valence-electron chi connectivity index (χ3n) is 3.83. The lowest BCUT2D eigenvalue weighted by atomic mass is 9.98. The van der Waals surface area contributed by atoms with E-state index in [2.05, 4.69) is 34.9 Å². The molecule has 0 bridgehead atoms. The van der Waals surface area contributed by atoms with Gasteiger partial charge < -0.3 is 15.5 Å². The van der Waals surface area contributed by atoms with Crippen molar-refractivity contribution in [1.82, 2.24) is 10.6 Å². The van der Waals surface area contributed by atoms with Crippen molar-refractivity contribution >= 4 is 11.6 Å². The van der Waals surface area contributed by atoms with Gasteiger partial charge in [-0.2, -0.15) is 0 Å². The number of anilines is 1. The van der Waals surface area contributed by atoms with Gasteiger partial charge in [-0.05, 0) is 36.6 Å². The Morgan fingerprint density at radius 3 is 2.61 bits per heavy atom. The number of piperazine rings is 1. The first-order valence-corrected chi connectivity index (χ1v) is 6.66. The second kappa shape index (κ2) is 5.08. The predicted molar refractivity (Wildman–Crippen MR) is 71.9 cm³/mol. The number of hydrogen-bond acceptors (Lipinski definition) is 3. The number of nitrogens with zero attached hydrogens (tertiary/aromatic N) is 1. The van der Waals surface area contributed by atoms with Crippen molar-refractivity contribution in [2.75, 3.05) is 37.6 Å². The van der Waals surface area contributed by atoms with Crippen LogP contribution >= 0.6 is 0 Å². The number of benzene rings is 1. The SMILES string of the molecule is O=C1CNCCN1c1ccc(C2CCNC2)cc1. The maximum atomic E-state index is 11.8. The summed E-state index contributed by atoms with van der Waals surface area (Å²) in [5.74, 6) is 0.800. The van der Waals surface area contributed by atoms with Gasteiger partial charge in [0.25, 0.3) is 0 Å². The largest absolute Gasteiger partial charge is 0.316 e. The fraction of sp³-hybridized carbons (Fsp3) is 0.500. The molecule has 0 radical (unpaired) electrons. The van der Waals surface area contributed by atoms with E-state index in [0.29, 0.717) is 12.5 Å². The van der Waals surface area contributed by atoms with Crippen molar-refractivity contribution in [2.45, 2.75) is 12.3 Å². The van der Waals surface area contributed by atoms with E-state index in [9.17, 15) is 4.79 Å². The molecular formula is C14H19N3O. The van der Waals surface area contributed by atoms with Gasteiger partial charge in [-0.1, -0.05) is 12.1 Å². The second-order valence-corrected chi connectivity index (χ2v) is 5.00. The summed E-state index contributed by atoms with van der Waals surface area (Å²) in [5.41, 5.74) is 2.41. The lowest BCUT2D eigenvalue weighted by Gasteiger charge is -2.27. The first kappa shape index (κ1) is 11.7. The maximum Gasteiger partial charge on any atom is 0.240 e. The molecule has 1 aromatic carbocycles. The average molecular weight is 245 g/mol. The fourth-order valence-electron chi connectivity index (χ4n) is 2.75. The summed E-state index contributed by atoms with van der Waals surface area (Å²) >= 11 is 0. The van der Waals surface area contributed by atoms with Gasteiger partial charge in [0.2, 0.25) is 5.91 Å². The lowest BCUT2D eigenvalue weighted by molar-refractivity contribution is -0.118. The molecule has 2 heterocycles. The van der Waals surface area contributed by atoms with Crippen LogP contribution in [-0.4, -0.2) is 38.6 Å².